The number of nitrogens with zero attached hydrogens (tertiary/aromatic N) is 1. The number of piperidine rings is 1. The summed E-state index contributed by atoms with van der Waals surface area (Å²) in [6.45, 7) is 5.82. The van der Waals surface area contributed by atoms with E-state index in [1.165, 1.54) is 41.5 Å². The number of fused-ring (bicyclic) bond motifs is 1. The van der Waals surface area contributed by atoms with E-state index in [1.54, 1.807) is 0 Å². The maximum absolute atomic E-state index is 12.8. The number of nitrogens with one attached hydrogen (secondary N) is 3. The van der Waals surface area contributed by atoms with Crippen LogP contribution in [0.4, 0.5) is 5.69 Å². The highest BCUT2D eigenvalue weighted by Gasteiger charge is 2.32. The maximum atomic E-state index is 12.8. The van der Waals surface area contributed by atoms with E-state index in [0.717, 1.165) is 51.4 Å². The first-order valence-electron chi connectivity index (χ1n) is 11.9. The Labute approximate surface area is 185 Å². The summed E-state index contributed by atoms with van der Waals surface area (Å²) in [7, 11) is 0. The van der Waals surface area contributed by atoms with E-state index < -0.39 is 0 Å². The number of carbonyl (C=O) groups excluding carboxylic acids is 1. The predicted octanol–water partition coefficient (Wildman–Crippen LogP) is 3.08. The van der Waals surface area contributed by atoms with Crippen molar-refractivity contribution >= 4 is 11.6 Å². The molecule has 0 radical (unpaired) electrons. The second-order valence-corrected chi connectivity index (χ2v) is 9.30. The lowest BCUT2D eigenvalue weighted by Crippen LogP contribution is -2.41. The van der Waals surface area contributed by atoms with Crippen LogP contribution in [0.1, 0.15) is 53.9 Å². The van der Waals surface area contributed by atoms with Crippen molar-refractivity contribution in [3.63, 3.8) is 0 Å². The monoisotopic (exact) mass is 418 g/mol. The van der Waals surface area contributed by atoms with Crippen LogP contribution >= 0.6 is 0 Å². The van der Waals surface area contributed by atoms with Crippen LogP contribution in [0.2, 0.25) is 0 Å². The lowest BCUT2D eigenvalue weighted by molar-refractivity contribution is -0.117. The fourth-order valence-electron chi connectivity index (χ4n) is 5.21. The third kappa shape index (κ3) is 4.84. The van der Waals surface area contributed by atoms with Gasteiger partial charge in [-0.15, -0.1) is 0 Å². The molecule has 3 heterocycles. The van der Waals surface area contributed by atoms with Gasteiger partial charge in [0.2, 0.25) is 5.91 Å². The van der Waals surface area contributed by atoms with Gasteiger partial charge in [-0.1, -0.05) is 36.8 Å². The predicted molar refractivity (Wildman–Crippen MR) is 125 cm³/mol. The summed E-state index contributed by atoms with van der Waals surface area (Å²) in [5, 5.41) is 10.6. The van der Waals surface area contributed by atoms with Crippen LogP contribution < -0.4 is 20.9 Å². The van der Waals surface area contributed by atoms with Crippen LogP contribution in [-0.2, 0) is 24.3 Å². The Morgan fingerprint density at radius 1 is 1.03 bits per heavy atom. The van der Waals surface area contributed by atoms with Crippen molar-refractivity contribution in [1.82, 2.24) is 16.0 Å². The fourth-order valence-corrected chi connectivity index (χ4v) is 5.21. The summed E-state index contributed by atoms with van der Waals surface area (Å²) in [5.74, 6) is 0.517. The van der Waals surface area contributed by atoms with Crippen molar-refractivity contribution in [1.29, 1.82) is 0 Å². The normalized spacial score (nSPS) is 23.7. The first-order chi connectivity index (χ1) is 15.3. The van der Waals surface area contributed by atoms with Crippen LogP contribution in [0.25, 0.3) is 0 Å². The first-order valence-corrected chi connectivity index (χ1v) is 11.9. The van der Waals surface area contributed by atoms with E-state index in [2.05, 4.69) is 58.4 Å². The molecule has 5 rings (SSSR count). The zero-order chi connectivity index (χ0) is 21.0. The van der Waals surface area contributed by atoms with Crippen molar-refractivity contribution < 1.29 is 4.79 Å². The molecule has 5 heteroatoms. The van der Waals surface area contributed by atoms with Gasteiger partial charge in [0.25, 0.3) is 0 Å². The largest absolute Gasteiger partial charge is 0.313 e. The van der Waals surface area contributed by atoms with Gasteiger partial charge in [0.05, 0.1) is 0 Å². The molecule has 2 aromatic carbocycles. The van der Waals surface area contributed by atoms with E-state index in [9.17, 15) is 4.79 Å². The van der Waals surface area contributed by atoms with Gasteiger partial charge >= 0.3 is 0 Å². The zero-order valence-corrected chi connectivity index (χ0v) is 18.3. The van der Waals surface area contributed by atoms with Gasteiger partial charge in [-0.3, -0.25) is 4.79 Å². The molecule has 3 aliphatic rings. The number of hydrogen-bond acceptors (Lipinski definition) is 4. The van der Waals surface area contributed by atoms with Gasteiger partial charge in [-0.25, -0.2) is 0 Å². The second kappa shape index (κ2) is 9.51. The maximum Gasteiger partial charge on any atom is 0.227 e. The van der Waals surface area contributed by atoms with E-state index in [4.69, 9.17) is 0 Å². The molecule has 3 aliphatic heterocycles. The molecule has 2 fully saturated rings. The molecule has 0 spiro atoms. The third-order valence-corrected chi connectivity index (χ3v) is 7.10. The second-order valence-electron chi connectivity index (χ2n) is 9.30. The van der Waals surface area contributed by atoms with Gasteiger partial charge in [0, 0.05) is 50.2 Å². The van der Waals surface area contributed by atoms with Crippen LogP contribution in [0.3, 0.4) is 0 Å². The van der Waals surface area contributed by atoms with Gasteiger partial charge in [0.15, 0.2) is 0 Å². The van der Waals surface area contributed by atoms with Crippen molar-refractivity contribution in [2.75, 3.05) is 31.1 Å². The molecule has 2 unspecified atom stereocenters. The lowest BCUT2D eigenvalue weighted by Gasteiger charge is -2.23. The lowest BCUT2D eigenvalue weighted by atomic mass is 9.97. The summed E-state index contributed by atoms with van der Waals surface area (Å²) < 4.78 is 0. The molecule has 1 amide bonds. The van der Waals surface area contributed by atoms with E-state index >= 15 is 0 Å². The Morgan fingerprint density at radius 3 is 2.77 bits per heavy atom. The fraction of sp³-hybridized carbons (Fsp3) is 0.500. The summed E-state index contributed by atoms with van der Waals surface area (Å²) in [4.78, 5) is 14.8. The highest BCUT2D eigenvalue weighted by Crippen LogP contribution is 2.33. The smallest absolute Gasteiger partial charge is 0.227 e. The molecular formula is C26H34N4O. The highest BCUT2D eigenvalue weighted by molar-refractivity contribution is 5.96. The Morgan fingerprint density at radius 2 is 1.94 bits per heavy atom. The summed E-state index contributed by atoms with van der Waals surface area (Å²) in [5.41, 5.74) is 6.39. The molecule has 164 valence electrons. The Balaban J connectivity index is 1.18. The summed E-state index contributed by atoms with van der Waals surface area (Å²) in [6.07, 6.45) is 5.57. The number of hydrogen-bond donors (Lipinski definition) is 3. The highest BCUT2D eigenvalue weighted by atomic mass is 16.2. The Kier molecular flexibility index (Phi) is 6.35. The zero-order valence-electron chi connectivity index (χ0n) is 18.3. The van der Waals surface area contributed by atoms with Crippen LogP contribution in [0.5, 0.6) is 0 Å². The minimum absolute atomic E-state index is 0.240. The van der Waals surface area contributed by atoms with E-state index in [1.807, 2.05) is 4.90 Å². The number of rotatable bonds is 6. The molecule has 0 aromatic heterocycles. The van der Waals surface area contributed by atoms with Crippen molar-refractivity contribution in [2.45, 2.75) is 57.2 Å². The van der Waals surface area contributed by atoms with Crippen LogP contribution in [0.15, 0.2) is 42.5 Å². The van der Waals surface area contributed by atoms with Crippen LogP contribution in [-0.4, -0.2) is 38.1 Å². The Bertz CT molecular complexity index is 904. The quantitative estimate of drug-likeness (QED) is 0.675. The standard InChI is InChI=1S/C26H34N4O/c31-26-14-23(18-30(26)25-9-8-22-16-27-12-10-21(22)13-25)20-6-4-19(5-7-20)15-28-17-24-3-1-2-11-29-24/h4-9,13,23-24,27-29H,1-3,10-12,14-18H2. The molecule has 3 N–H and O–H groups in total. The van der Waals surface area contributed by atoms with Gasteiger partial charge in [-0.05, 0) is 66.7 Å². The number of benzene rings is 2. The SMILES string of the molecule is O=C1CC(c2ccc(CNCC3CCCCN3)cc2)CN1c1ccc2c(c1)CCNC2. The Hall–Kier alpha value is -2.21. The average molecular weight is 419 g/mol. The van der Waals surface area contributed by atoms with E-state index in [-0.39, 0.29) is 11.8 Å². The van der Waals surface area contributed by atoms with Gasteiger partial charge in [0.1, 0.15) is 0 Å². The minimum Gasteiger partial charge on any atom is -0.313 e. The van der Waals surface area contributed by atoms with E-state index in [0.29, 0.717) is 12.5 Å². The van der Waals surface area contributed by atoms with Crippen LogP contribution in [0, 0.1) is 0 Å². The van der Waals surface area contributed by atoms with Crippen molar-refractivity contribution in [2.24, 2.45) is 0 Å². The van der Waals surface area contributed by atoms with Crippen molar-refractivity contribution in [3.05, 3.63) is 64.7 Å². The van der Waals surface area contributed by atoms with Crippen molar-refractivity contribution in [3.8, 4) is 0 Å². The summed E-state index contributed by atoms with van der Waals surface area (Å²) in [6, 6.07) is 16.0. The molecule has 0 saturated carbocycles. The summed E-state index contributed by atoms with van der Waals surface area (Å²) >= 11 is 0. The minimum atomic E-state index is 0.240. The van der Waals surface area contributed by atoms with Gasteiger partial charge < -0.3 is 20.9 Å². The molecule has 2 aromatic rings. The average Bonchev–Trinajstić information content (AvgIpc) is 3.21. The molecule has 0 aliphatic carbocycles. The molecule has 2 atom stereocenters. The molecule has 31 heavy (non-hydrogen) atoms. The molecular weight excluding hydrogens is 384 g/mol. The first kappa shape index (κ1) is 20.7. The number of anilines is 1. The molecule has 5 nitrogen and oxygen atoms in total. The number of amides is 1. The topological polar surface area (TPSA) is 56.4 Å². The molecule has 2 saturated heterocycles. The number of carbonyl (C=O) groups is 1. The third-order valence-electron chi connectivity index (χ3n) is 7.10. The molecule has 0 bridgehead atoms. The van der Waals surface area contributed by atoms with Gasteiger partial charge in [-0.2, -0.15) is 0 Å².